The van der Waals surface area contributed by atoms with E-state index in [4.69, 9.17) is 0 Å². The molecule has 4 heteroatoms. The summed E-state index contributed by atoms with van der Waals surface area (Å²) in [4.78, 5) is 14.6. The number of amides is 1. The van der Waals surface area contributed by atoms with Gasteiger partial charge in [-0.25, -0.2) is 0 Å². The van der Waals surface area contributed by atoms with Gasteiger partial charge in [0, 0.05) is 31.1 Å². The van der Waals surface area contributed by atoms with Crippen LogP contribution in [0.2, 0.25) is 0 Å². The van der Waals surface area contributed by atoms with E-state index < -0.39 is 0 Å². The van der Waals surface area contributed by atoms with Crippen molar-refractivity contribution in [2.75, 3.05) is 13.1 Å². The number of carbonyl (C=O) groups excluding carboxylic acids is 1. The van der Waals surface area contributed by atoms with Gasteiger partial charge in [-0.1, -0.05) is 25.0 Å². The molecule has 1 saturated heterocycles. The number of aromatic hydroxyl groups is 1. The van der Waals surface area contributed by atoms with Crippen LogP contribution in [0, 0.1) is 5.92 Å². The Morgan fingerprint density at radius 3 is 2.67 bits per heavy atom. The maximum Gasteiger partial charge on any atom is 0.225 e. The van der Waals surface area contributed by atoms with E-state index >= 15 is 0 Å². The smallest absolute Gasteiger partial charge is 0.225 e. The second-order valence-corrected chi connectivity index (χ2v) is 7.52. The Morgan fingerprint density at radius 1 is 1.25 bits per heavy atom. The predicted molar refractivity (Wildman–Crippen MR) is 96.0 cm³/mol. The van der Waals surface area contributed by atoms with Crippen LogP contribution in [0.15, 0.2) is 24.3 Å². The zero-order valence-corrected chi connectivity index (χ0v) is 14.7. The minimum absolute atomic E-state index is 0.302. The normalized spacial score (nSPS) is 22.9. The molecule has 2 aliphatic rings. The Hall–Kier alpha value is -1.55. The van der Waals surface area contributed by atoms with Crippen molar-refractivity contribution in [2.45, 2.75) is 64.0 Å². The lowest BCUT2D eigenvalue weighted by atomic mass is 10.1. The molecule has 132 valence electrons. The molecule has 0 bridgehead atoms. The molecule has 1 aliphatic heterocycles. The number of phenolic OH excluding ortho intramolecular Hbond substituents is 1. The Bertz CT molecular complexity index is 537. The van der Waals surface area contributed by atoms with Crippen LogP contribution in [0.4, 0.5) is 0 Å². The van der Waals surface area contributed by atoms with Gasteiger partial charge in [-0.15, -0.1) is 0 Å². The molecule has 0 aromatic heterocycles. The van der Waals surface area contributed by atoms with E-state index in [1.54, 1.807) is 12.1 Å². The van der Waals surface area contributed by atoms with E-state index in [1.807, 2.05) is 12.1 Å². The first-order valence-corrected chi connectivity index (χ1v) is 9.44. The summed E-state index contributed by atoms with van der Waals surface area (Å²) in [6.45, 7) is 4.01. The fourth-order valence-electron chi connectivity index (χ4n) is 4.06. The molecule has 1 saturated carbocycles. The third kappa shape index (κ3) is 4.50. The number of hydrogen-bond donors (Lipinski definition) is 2. The van der Waals surface area contributed by atoms with Crippen LogP contribution in [0.3, 0.4) is 0 Å². The molecule has 0 radical (unpaired) electrons. The molecule has 1 aliphatic carbocycles. The lowest BCUT2D eigenvalue weighted by Crippen LogP contribution is -2.41. The molecule has 24 heavy (non-hydrogen) atoms. The summed E-state index contributed by atoms with van der Waals surface area (Å²) in [5, 5.41) is 13.0. The highest BCUT2D eigenvalue weighted by Gasteiger charge is 2.32. The van der Waals surface area contributed by atoms with Crippen molar-refractivity contribution in [2.24, 2.45) is 5.92 Å². The number of nitrogens with zero attached hydrogens (tertiary/aromatic N) is 1. The van der Waals surface area contributed by atoms with E-state index in [0.717, 1.165) is 45.2 Å². The fourth-order valence-corrected chi connectivity index (χ4v) is 4.06. The molecule has 3 rings (SSSR count). The highest BCUT2D eigenvalue weighted by molar-refractivity contribution is 5.79. The van der Waals surface area contributed by atoms with Crippen molar-refractivity contribution in [3.8, 4) is 5.75 Å². The van der Waals surface area contributed by atoms with Crippen LogP contribution in [0.1, 0.15) is 51.0 Å². The molecule has 1 aromatic carbocycles. The summed E-state index contributed by atoms with van der Waals surface area (Å²) in [5.74, 6) is 1.02. The van der Waals surface area contributed by atoms with Gasteiger partial charge in [-0.2, -0.15) is 0 Å². The van der Waals surface area contributed by atoms with Gasteiger partial charge in [0.05, 0.1) is 0 Å². The summed E-state index contributed by atoms with van der Waals surface area (Å²) < 4.78 is 0. The lowest BCUT2D eigenvalue weighted by molar-refractivity contribution is -0.134. The molecule has 2 N–H and O–H groups in total. The fraction of sp³-hybridized carbons (Fsp3) is 0.650. The molecule has 1 amide bonds. The molecule has 2 atom stereocenters. The highest BCUT2D eigenvalue weighted by Crippen LogP contribution is 2.28. The molecule has 2 fully saturated rings. The zero-order chi connectivity index (χ0) is 16.9. The van der Waals surface area contributed by atoms with Crippen LogP contribution >= 0.6 is 0 Å². The third-order valence-corrected chi connectivity index (χ3v) is 5.53. The van der Waals surface area contributed by atoms with Crippen LogP contribution in [0.25, 0.3) is 0 Å². The largest absolute Gasteiger partial charge is 0.508 e. The Kier molecular flexibility index (Phi) is 5.77. The van der Waals surface area contributed by atoms with Crippen LogP contribution in [-0.2, 0) is 11.2 Å². The van der Waals surface area contributed by atoms with Crippen molar-refractivity contribution in [1.29, 1.82) is 0 Å². The summed E-state index contributed by atoms with van der Waals surface area (Å²) in [6.07, 6.45) is 7.78. The summed E-state index contributed by atoms with van der Waals surface area (Å²) in [7, 11) is 0. The number of carbonyl (C=O) groups is 1. The quantitative estimate of drug-likeness (QED) is 0.843. The van der Waals surface area contributed by atoms with Gasteiger partial charge in [0.15, 0.2) is 0 Å². The van der Waals surface area contributed by atoms with Crippen LogP contribution < -0.4 is 5.32 Å². The van der Waals surface area contributed by atoms with E-state index in [9.17, 15) is 9.90 Å². The van der Waals surface area contributed by atoms with E-state index in [0.29, 0.717) is 29.7 Å². The first-order valence-electron chi connectivity index (χ1n) is 9.44. The maximum atomic E-state index is 12.5. The number of phenols is 1. The Morgan fingerprint density at radius 2 is 1.96 bits per heavy atom. The minimum atomic E-state index is 0.302. The SMILES string of the molecule is C[C@@H](CCc1ccc(O)cc1)N[C@H]1CCN(C(=O)C2CCCC2)C1. The minimum Gasteiger partial charge on any atom is -0.508 e. The van der Waals surface area contributed by atoms with Gasteiger partial charge in [-0.3, -0.25) is 4.79 Å². The topological polar surface area (TPSA) is 52.6 Å². The molecule has 0 spiro atoms. The maximum absolute atomic E-state index is 12.5. The Labute approximate surface area is 145 Å². The van der Waals surface area contributed by atoms with Gasteiger partial charge >= 0.3 is 0 Å². The van der Waals surface area contributed by atoms with Gasteiger partial charge in [0.1, 0.15) is 5.75 Å². The predicted octanol–water partition coefficient (Wildman–Crippen LogP) is 3.09. The third-order valence-electron chi connectivity index (χ3n) is 5.53. The number of benzene rings is 1. The average Bonchev–Trinajstić information content (AvgIpc) is 3.25. The summed E-state index contributed by atoms with van der Waals surface area (Å²) in [6, 6.07) is 8.34. The van der Waals surface area contributed by atoms with Gasteiger partial charge < -0.3 is 15.3 Å². The lowest BCUT2D eigenvalue weighted by Gasteiger charge is -2.22. The highest BCUT2D eigenvalue weighted by atomic mass is 16.3. The zero-order valence-electron chi connectivity index (χ0n) is 14.7. The van der Waals surface area contributed by atoms with Crippen molar-refractivity contribution in [3.63, 3.8) is 0 Å². The van der Waals surface area contributed by atoms with Crippen molar-refractivity contribution >= 4 is 5.91 Å². The number of likely N-dealkylation sites (tertiary alicyclic amines) is 1. The van der Waals surface area contributed by atoms with Crippen molar-refractivity contribution in [3.05, 3.63) is 29.8 Å². The second-order valence-electron chi connectivity index (χ2n) is 7.52. The van der Waals surface area contributed by atoms with Crippen molar-refractivity contribution < 1.29 is 9.90 Å². The van der Waals surface area contributed by atoms with Crippen LogP contribution in [-0.4, -0.2) is 41.1 Å². The average molecular weight is 330 g/mol. The molecule has 1 heterocycles. The van der Waals surface area contributed by atoms with Crippen LogP contribution in [0.5, 0.6) is 5.75 Å². The first kappa shape index (κ1) is 17.3. The standard InChI is InChI=1S/C20H30N2O2/c1-15(6-7-16-8-10-19(23)11-9-16)21-18-12-13-22(14-18)20(24)17-4-2-3-5-17/h8-11,15,17-18,21,23H,2-7,12-14H2,1H3/t15-,18-/m0/s1. The number of hydrogen-bond acceptors (Lipinski definition) is 3. The molecule has 0 unspecified atom stereocenters. The molecule has 4 nitrogen and oxygen atoms in total. The van der Waals surface area contributed by atoms with Gasteiger partial charge in [0.25, 0.3) is 0 Å². The van der Waals surface area contributed by atoms with E-state index in [-0.39, 0.29) is 0 Å². The molecular formula is C20H30N2O2. The van der Waals surface area contributed by atoms with Gasteiger partial charge in [-0.05, 0) is 56.7 Å². The number of aryl methyl sites for hydroxylation is 1. The van der Waals surface area contributed by atoms with E-state index in [2.05, 4.69) is 17.1 Å². The number of rotatable bonds is 6. The first-order chi connectivity index (χ1) is 11.6. The van der Waals surface area contributed by atoms with Gasteiger partial charge in [0.2, 0.25) is 5.91 Å². The molecular weight excluding hydrogens is 300 g/mol. The second kappa shape index (κ2) is 8.02. The monoisotopic (exact) mass is 330 g/mol. The Balaban J connectivity index is 1.39. The molecule has 1 aromatic rings. The van der Waals surface area contributed by atoms with Crippen molar-refractivity contribution in [1.82, 2.24) is 10.2 Å². The summed E-state index contributed by atoms with van der Waals surface area (Å²) in [5.41, 5.74) is 1.26. The summed E-state index contributed by atoms with van der Waals surface area (Å²) >= 11 is 0. The number of nitrogens with one attached hydrogen (secondary N) is 1. The van der Waals surface area contributed by atoms with E-state index in [1.165, 1.54) is 18.4 Å².